The Morgan fingerprint density at radius 2 is 1.21 bits per heavy atom. The summed E-state index contributed by atoms with van der Waals surface area (Å²) in [6.45, 7) is 13.3. The van der Waals surface area contributed by atoms with Gasteiger partial charge in [0, 0.05) is 11.1 Å². The summed E-state index contributed by atoms with van der Waals surface area (Å²) in [6, 6.07) is 0. The maximum absolute atomic E-state index is 11.6. The Kier molecular flexibility index (Phi) is 8.36. The first-order chi connectivity index (χ1) is 8.94. The van der Waals surface area contributed by atoms with Gasteiger partial charge in [0.2, 0.25) is 0 Å². The van der Waals surface area contributed by atoms with Crippen molar-refractivity contribution in [1.82, 2.24) is 4.90 Å². The molecule has 2 atom stereocenters. The summed E-state index contributed by atoms with van der Waals surface area (Å²) in [5, 5.41) is 0. The van der Waals surface area contributed by atoms with Gasteiger partial charge in [-0.3, -0.25) is 4.79 Å². The predicted octanol–water partition coefficient (Wildman–Crippen LogP) is 5.07. The smallest absolute Gasteiger partial charge is 0.313 e. The Bertz CT molecular complexity index is 232. The van der Waals surface area contributed by atoms with Gasteiger partial charge in [-0.1, -0.05) is 53.4 Å². The third-order valence-corrected chi connectivity index (χ3v) is 4.83. The van der Waals surface area contributed by atoms with Crippen LogP contribution in [-0.4, -0.2) is 22.4 Å². The standard InChI is InChI=1S/C17H34NO/c1-7-11-13-16(5,9-3)18(15-19)17(6,10-4)14-12-8-2/h7-14H2,1-6H3. The van der Waals surface area contributed by atoms with E-state index in [0.29, 0.717) is 0 Å². The largest absolute Gasteiger partial charge is 0.324 e. The third kappa shape index (κ3) is 4.81. The maximum Gasteiger partial charge on any atom is 0.313 e. The lowest BCUT2D eigenvalue weighted by Gasteiger charge is -2.49. The van der Waals surface area contributed by atoms with Crippen LogP contribution < -0.4 is 0 Å². The second-order valence-electron chi connectivity index (χ2n) is 6.33. The number of hydrogen-bond donors (Lipinski definition) is 0. The molecule has 2 nitrogen and oxygen atoms in total. The maximum atomic E-state index is 11.6. The van der Waals surface area contributed by atoms with E-state index in [1.54, 1.807) is 0 Å². The summed E-state index contributed by atoms with van der Waals surface area (Å²) in [4.78, 5) is 13.7. The van der Waals surface area contributed by atoms with Crippen LogP contribution in [0.1, 0.15) is 92.9 Å². The molecule has 2 heteroatoms. The van der Waals surface area contributed by atoms with E-state index in [2.05, 4.69) is 48.0 Å². The quantitative estimate of drug-likeness (QED) is 0.479. The highest BCUT2D eigenvalue weighted by atomic mass is 16.1. The van der Waals surface area contributed by atoms with E-state index in [1.165, 1.54) is 25.7 Å². The summed E-state index contributed by atoms with van der Waals surface area (Å²) in [5.41, 5.74) is -0.0908. The van der Waals surface area contributed by atoms with Gasteiger partial charge < -0.3 is 4.90 Å². The Morgan fingerprint density at radius 3 is 1.42 bits per heavy atom. The molecule has 0 saturated carbocycles. The van der Waals surface area contributed by atoms with Crippen LogP contribution in [0.3, 0.4) is 0 Å². The molecule has 0 bridgehead atoms. The lowest BCUT2D eigenvalue weighted by atomic mass is 9.81. The van der Waals surface area contributed by atoms with E-state index < -0.39 is 0 Å². The third-order valence-electron chi connectivity index (χ3n) is 4.83. The molecule has 0 aliphatic carbocycles. The van der Waals surface area contributed by atoms with Crippen LogP contribution in [-0.2, 0) is 4.79 Å². The minimum absolute atomic E-state index is 0.0454. The van der Waals surface area contributed by atoms with Crippen molar-refractivity contribution in [2.45, 2.75) is 104 Å². The van der Waals surface area contributed by atoms with Gasteiger partial charge in [-0.25, -0.2) is 0 Å². The van der Waals surface area contributed by atoms with Gasteiger partial charge in [-0.2, -0.15) is 0 Å². The number of rotatable bonds is 11. The average Bonchev–Trinajstić information content (AvgIpc) is 2.43. The summed E-state index contributed by atoms with van der Waals surface area (Å²) in [7, 11) is 0. The number of nitrogens with zero attached hydrogens (tertiary/aromatic N) is 1. The van der Waals surface area contributed by atoms with Crippen molar-refractivity contribution in [3.63, 3.8) is 0 Å². The Morgan fingerprint density at radius 1 is 0.842 bits per heavy atom. The SMILES string of the molecule is CCCCC(C)(CC)N([C]=O)C(C)(CC)CCCC. The summed E-state index contributed by atoms with van der Waals surface area (Å²) >= 11 is 0. The normalized spacial score (nSPS) is 17.6. The molecule has 0 fully saturated rings. The number of amides is 1. The lowest BCUT2D eigenvalue weighted by Crippen LogP contribution is -2.57. The van der Waals surface area contributed by atoms with Crippen LogP contribution >= 0.6 is 0 Å². The first kappa shape index (κ1) is 18.5. The fourth-order valence-electron chi connectivity index (χ4n) is 2.88. The molecular formula is C17H34NO. The zero-order valence-corrected chi connectivity index (χ0v) is 14.0. The van der Waals surface area contributed by atoms with Crippen LogP contribution in [0.4, 0.5) is 0 Å². The lowest BCUT2D eigenvalue weighted by molar-refractivity contribution is 0.0440. The summed E-state index contributed by atoms with van der Waals surface area (Å²) in [6.07, 6.45) is 11.2. The highest BCUT2D eigenvalue weighted by Gasteiger charge is 2.40. The van der Waals surface area contributed by atoms with Crippen LogP contribution in [0.25, 0.3) is 0 Å². The second kappa shape index (κ2) is 8.60. The number of carbonyl (C=O) groups excluding carboxylic acids is 1. The van der Waals surface area contributed by atoms with E-state index in [9.17, 15) is 4.79 Å². The van der Waals surface area contributed by atoms with Crippen molar-refractivity contribution in [3.8, 4) is 0 Å². The zero-order chi connectivity index (χ0) is 14.9. The topological polar surface area (TPSA) is 20.3 Å². The molecule has 1 amide bonds. The van der Waals surface area contributed by atoms with E-state index in [1.807, 2.05) is 4.90 Å². The molecule has 0 aliphatic heterocycles. The molecule has 113 valence electrons. The number of unbranched alkanes of at least 4 members (excludes halogenated alkanes) is 2. The molecule has 0 saturated heterocycles. The first-order valence-electron chi connectivity index (χ1n) is 8.12. The van der Waals surface area contributed by atoms with E-state index in [4.69, 9.17) is 0 Å². The Labute approximate surface area is 120 Å². The van der Waals surface area contributed by atoms with Gasteiger partial charge in [0.25, 0.3) is 0 Å². The fraction of sp³-hybridized carbons (Fsp3) is 0.941. The molecule has 0 spiro atoms. The van der Waals surface area contributed by atoms with Gasteiger partial charge in [0.15, 0.2) is 0 Å². The van der Waals surface area contributed by atoms with Crippen molar-refractivity contribution in [3.05, 3.63) is 0 Å². The molecule has 0 heterocycles. The molecule has 0 aromatic heterocycles. The van der Waals surface area contributed by atoms with E-state index in [0.717, 1.165) is 25.7 Å². The van der Waals surface area contributed by atoms with Gasteiger partial charge in [0.1, 0.15) is 0 Å². The van der Waals surface area contributed by atoms with Crippen LogP contribution in [0, 0.1) is 0 Å². The molecule has 0 aromatic carbocycles. The molecule has 2 unspecified atom stereocenters. The first-order valence-corrected chi connectivity index (χ1v) is 8.12. The van der Waals surface area contributed by atoms with Gasteiger partial charge in [-0.15, -0.1) is 0 Å². The molecule has 0 aromatic rings. The second-order valence-corrected chi connectivity index (χ2v) is 6.33. The zero-order valence-electron chi connectivity index (χ0n) is 14.0. The van der Waals surface area contributed by atoms with Crippen molar-refractivity contribution >= 4 is 6.41 Å². The molecule has 19 heavy (non-hydrogen) atoms. The average molecular weight is 268 g/mol. The van der Waals surface area contributed by atoms with E-state index in [-0.39, 0.29) is 11.1 Å². The highest BCUT2D eigenvalue weighted by Crippen LogP contribution is 2.35. The molecule has 0 aliphatic rings. The van der Waals surface area contributed by atoms with Crippen molar-refractivity contribution in [1.29, 1.82) is 0 Å². The fourth-order valence-corrected chi connectivity index (χ4v) is 2.88. The Hall–Kier alpha value is -0.530. The van der Waals surface area contributed by atoms with E-state index >= 15 is 0 Å². The van der Waals surface area contributed by atoms with Gasteiger partial charge in [-0.05, 0) is 39.5 Å². The number of hydrogen-bond acceptors (Lipinski definition) is 1. The van der Waals surface area contributed by atoms with Crippen LogP contribution in [0.15, 0.2) is 0 Å². The predicted molar refractivity (Wildman–Crippen MR) is 84.0 cm³/mol. The van der Waals surface area contributed by atoms with Crippen LogP contribution in [0.2, 0.25) is 0 Å². The highest BCUT2D eigenvalue weighted by molar-refractivity contribution is 5.51. The van der Waals surface area contributed by atoms with Crippen molar-refractivity contribution in [2.24, 2.45) is 0 Å². The van der Waals surface area contributed by atoms with Crippen molar-refractivity contribution < 1.29 is 4.79 Å². The minimum Gasteiger partial charge on any atom is -0.324 e. The van der Waals surface area contributed by atoms with Crippen molar-refractivity contribution in [2.75, 3.05) is 0 Å². The monoisotopic (exact) mass is 268 g/mol. The molecule has 1 radical (unpaired) electrons. The van der Waals surface area contributed by atoms with Gasteiger partial charge in [0.05, 0.1) is 0 Å². The van der Waals surface area contributed by atoms with Gasteiger partial charge >= 0.3 is 6.41 Å². The minimum atomic E-state index is -0.0454. The Balaban J connectivity index is 5.14. The molecule has 0 N–H and O–H groups in total. The molecular weight excluding hydrogens is 234 g/mol. The molecule has 0 rings (SSSR count). The summed E-state index contributed by atoms with van der Waals surface area (Å²) in [5.74, 6) is 0. The summed E-state index contributed by atoms with van der Waals surface area (Å²) < 4.78 is 0. The van der Waals surface area contributed by atoms with Crippen LogP contribution in [0.5, 0.6) is 0 Å².